The van der Waals surface area contributed by atoms with Crippen LogP contribution in [0.5, 0.6) is 5.75 Å². The number of hydrogen-bond acceptors (Lipinski definition) is 4. The van der Waals surface area contributed by atoms with Gasteiger partial charge in [0.2, 0.25) is 5.91 Å². The first kappa shape index (κ1) is 20.0. The van der Waals surface area contributed by atoms with Gasteiger partial charge in [0.25, 0.3) is 0 Å². The Hall–Kier alpha value is -2.08. The summed E-state index contributed by atoms with van der Waals surface area (Å²) in [6, 6.07) is 6.07. The average molecular weight is 336 g/mol. The second-order valence-corrected chi connectivity index (χ2v) is 6.10. The summed E-state index contributed by atoms with van der Waals surface area (Å²) < 4.78 is 5.56. The first-order chi connectivity index (χ1) is 11.3. The number of nitrogens with zero attached hydrogens (tertiary/aromatic N) is 1. The number of carbonyl (C=O) groups is 2. The number of benzene rings is 1. The minimum absolute atomic E-state index is 0.0327. The molecule has 1 amide bonds. The molecule has 0 aromatic heterocycles. The van der Waals surface area contributed by atoms with E-state index in [0.29, 0.717) is 17.9 Å². The monoisotopic (exact) mass is 336 g/mol. The fourth-order valence-corrected chi connectivity index (χ4v) is 2.36. The van der Waals surface area contributed by atoms with Crippen LogP contribution < -0.4 is 10.1 Å². The normalized spacial score (nSPS) is 12.2. The molecule has 0 aliphatic rings. The van der Waals surface area contributed by atoms with Crippen LogP contribution in [-0.4, -0.2) is 48.1 Å². The van der Waals surface area contributed by atoms with Crippen molar-refractivity contribution in [2.45, 2.75) is 45.8 Å². The van der Waals surface area contributed by atoms with Gasteiger partial charge in [0.05, 0.1) is 12.6 Å². The van der Waals surface area contributed by atoms with Gasteiger partial charge in [0.1, 0.15) is 11.8 Å². The van der Waals surface area contributed by atoms with E-state index >= 15 is 0 Å². The highest BCUT2D eigenvalue weighted by Crippen LogP contribution is 2.23. The van der Waals surface area contributed by atoms with Gasteiger partial charge in [-0.05, 0) is 45.0 Å². The van der Waals surface area contributed by atoms with Crippen molar-refractivity contribution in [1.82, 2.24) is 10.2 Å². The molecule has 0 radical (unpaired) electrons. The number of carboxylic acid groups (broad SMARTS) is 1. The molecular weight excluding hydrogens is 308 g/mol. The summed E-state index contributed by atoms with van der Waals surface area (Å²) >= 11 is 0. The summed E-state index contributed by atoms with van der Waals surface area (Å²) in [6.45, 7) is 6.55. The van der Waals surface area contributed by atoms with Crippen LogP contribution in [0.1, 0.15) is 45.2 Å². The number of ether oxygens (including phenoxy) is 1. The number of carboxylic acids is 1. The van der Waals surface area contributed by atoms with E-state index in [2.05, 4.69) is 5.32 Å². The van der Waals surface area contributed by atoms with Gasteiger partial charge in [0, 0.05) is 6.54 Å². The number of hydrogen-bond donors (Lipinski definition) is 2. The molecule has 1 unspecified atom stereocenters. The lowest BCUT2D eigenvalue weighted by atomic mass is 10.1. The van der Waals surface area contributed by atoms with Crippen molar-refractivity contribution in [2.75, 3.05) is 20.1 Å². The van der Waals surface area contributed by atoms with E-state index in [-0.39, 0.29) is 18.6 Å². The molecule has 1 aromatic carbocycles. The smallest absolute Gasteiger partial charge is 0.325 e. The largest absolute Gasteiger partial charge is 0.491 e. The molecule has 0 saturated heterocycles. The second-order valence-electron chi connectivity index (χ2n) is 6.10. The molecule has 1 rings (SSSR count). The molecule has 1 atom stereocenters. The molecule has 134 valence electrons. The summed E-state index contributed by atoms with van der Waals surface area (Å²) in [5.41, 5.74) is 0.613. The van der Waals surface area contributed by atoms with Crippen molar-refractivity contribution in [1.29, 1.82) is 0 Å². The molecule has 1 aromatic rings. The molecule has 0 aliphatic carbocycles. The van der Waals surface area contributed by atoms with E-state index in [0.717, 1.165) is 12.8 Å². The standard InChI is InChI=1S/C18H28N2O4/c1-5-6-11-19-16(21)12-20(4)17(18(22)23)14-7-9-15(10-8-14)24-13(2)3/h7-10,13,17H,5-6,11-12H2,1-4H3,(H,19,21)(H,22,23). The SMILES string of the molecule is CCCCNC(=O)CN(C)C(C(=O)O)c1ccc(OC(C)C)cc1. The highest BCUT2D eigenvalue weighted by Gasteiger charge is 2.26. The Morgan fingerprint density at radius 3 is 2.38 bits per heavy atom. The van der Waals surface area contributed by atoms with Crippen LogP contribution in [0.4, 0.5) is 0 Å². The summed E-state index contributed by atoms with van der Waals surface area (Å²) in [4.78, 5) is 25.1. The van der Waals surface area contributed by atoms with E-state index < -0.39 is 12.0 Å². The topological polar surface area (TPSA) is 78.9 Å². The molecule has 0 bridgehead atoms. The predicted octanol–water partition coefficient (Wildman–Crippen LogP) is 2.45. The third-order valence-corrected chi connectivity index (χ3v) is 3.49. The van der Waals surface area contributed by atoms with Crippen LogP contribution in [0.25, 0.3) is 0 Å². The van der Waals surface area contributed by atoms with Gasteiger partial charge in [-0.15, -0.1) is 0 Å². The van der Waals surface area contributed by atoms with Crippen LogP contribution >= 0.6 is 0 Å². The van der Waals surface area contributed by atoms with Crippen LogP contribution in [0.3, 0.4) is 0 Å². The number of aliphatic carboxylic acids is 1. The molecule has 6 heteroatoms. The third kappa shape index (κ3) is 6.58. The maximum Gasteiger partial charge on any atom is 0.325 e. The molecule has 6 nitrogen and oxygen atoms in total. The Kier molecular flexibility index (Phi) is 8.26. The van der Waals surface area contributed by atoms with E-state index in [1.54, 1.807) is 31.3 Å². The number of rotatable bonds is 10. The molecule has 0 saturated carbocycles. The van der Waals surface area contributed by atoms with Crippen molar-refractivity contribution >= 4 is 11.9 Å². The van der Waals surface area contributed by atoms with E-state index in [1.165, 1.54) is 4.90 Å². The zero-order valence-electron chi connectivity index (χ0n) is 14.9. The van der Waals surface area contributed by atoms with E-state index in [1.807, 2.05) is 20.8 Å². The first-order valence-electron chi connectivity index (χ1n) is 8.31. The molecule has 2 N–H and O–H groups in total. The third-order valence-electron chi connectivity index (χ3n) is 3.49. The lowest BCUT2D eigenvalue weighted by molar-refractivity contribution is -0.143. The number of carbonyl (C=O) groups excluding carboxylic acids is 1. The Morgan fingerprint density at radius 1 is 1.25 bits per heavy atom. The van der Waals surface area contributed by atoms with Gasteiger partial charge in [-0.1, -0.05) is 25.5 Å². The van der Waals surface area contributed by atoms with Gasteiger partial charge in [-0.3, -0.25) is 14.5 Å². The van der Waals surface area contributed by atoms with Crippen LogP contribution in [0.15, 0.2) is 24.3 Å². The van der Waals surface area contributed by atoms with E-state index in [9.17, 15) is 14.7 Å². The second kappa shape index (κ2) is 9.93. The lowest BCUT2D eigenvalue weighted by Gasteiger charge is -2.24. The molecule has 0 aliphatic heterocycles. The van der Waals surface area contributed by atoms with Crippen molar-refractivity contribution in [3.63, 3.8) is 0 Å². The number of likely N-dealkylation sites (N-methyl/N-ethyl adjacent to an activating group) is 1. The zero-order valence-corrected chi connectivity index (χ0v) is 14.9. The molecule has 24 heavy (non-hydrogen) atoms. The first-order valence-corrected chi connectivity index (χ1v) is 8.31. The molecule has 0 heterocycles. The Bertz CT molecular complexity index is 528. The van der Waals surface area contributed by atoms with Gasteiger partial charge in [-0.2, -0.15) is 0 Å². The Balaban J connectivity index is 2.75. The Labute approximate surface area is 143 Å². The Morgan fingerprint density at radius 2 is 1.88 bits per heavy atom. The summed E-state index contributed by atoms with van der Waals surface area (Å²) in [6.07, 6.45) is 1.97. The number of unbranched alkanes of at least 4 members (excludes halogenated alkanes) is 1. The van der Waals surface area contributed by atoms with E-state index in [4.69, 9.17) is 4.74 Å². The van der Waals surface area contributed by atoms with Gasteiger partial charge < -0.3 is 15.2 Å². The minimum atomic E-state index is -0.989. The maximum atomic E-state index is 11.9. The molecule has 0 fully saturated rings. The summed E-state index contributed by atoms with van der Waals surface area (Å²) in [7, 11) is 1.64. The van der Waals surface area contributed by atoms with Crippen LogP contribution in [0, 0.1) is 0 Å². The number of amides is 1. The minimum Gasteiger partial charge on any atom is -0.491 e. The average Bonchev–Trinajstić information content (AvgIpc) is 2.48. The zero-order chi connectivity index (χ0) is 18.1. The number of nitrogens with one attached hydrogen (secondary N) is 1. The van der Waals surface area contributed by atoms with Crippen molar-refractivity contribution in [3.05, 3.63) is 29.8 Å². The molecular formula is C18H28N2O4. The lowest BCUT2D eigenvalue weighted by Crippen LogP contribution is -2.39. The fraction of sp³-hybridized carbons (Fsp3) is 0.556. The quantitative estimate of drug-likeness (QED) is 0.642. The predicted molar refractivity (Wildman–Crippen MR) is 93.1 cm³/mol. The summed E-state index contributed by atoms with van der Waals surface area (Å²) in [5.74, 6) is -0.466. The van der Waals surface area contributed by atoms with Gasteiger partial charge >= 0.3 is 5.97 Å². The molecule has 0 spiro atoms. The van der Waals surface area contributed by atoms with Crippen LogP contribution in [-0.2, 0) is 9.59 Å². The van der Waals surface area contributed by atoms with Crippen LogP contribution in [0.2, 0.25) is 0 Å². The van der Waals surface area contributed by atoms with Crippen molar-refractivity contribution in [2.24, 2.45) is 0 Å². The van der Waals surface area contributed by atoms with Gasteiger partial charge in [-0.25, -0.2) is 0 Å². The van der Waals surface area contributed by atoms with Crippen molar-refractivity contribution in [3.8, 4) is 5.75 Å². The van der Waals surface area contributed by atoms with Gasteiger partial charge in [0.15, 0.2) is 0 Å². The highest BCUT2D eigenvalue weighted by atomic mass is 16.5. The fourth-order valence-electron chi connectivity index (χ4n) is 2.36. The summed E-state index contributed by atoms with van der Waals surface area (Å²) in [5, 5.41) is 12.3. The maximum absolute atomic E-state index is 11.9. The van der Waals surface area contributed by atoms with Crippen molar-refractivity contribution < 1.29 is 19.4 Å². The highest BCUT2D eigenvalue weighted by molar-refractivity contribution is 5.80.